The Morgan fingerprint density at radius 1 is 1.17 bits per heavy atom. The van der Waals surface area contributed by atoms with Crippen LogP contribution in [0.5, 0.6) is 5.75 Å². The maximum absolute atomic E-state index is 12.2. The van der Waals surface area contributed by atoms with Gasteiger partial charge in [0.05, 0.1) is 19.3 Å². The summed E-state index contributed by atoms with van der Waals surface area (Å²) < 4.78 is 6.71. The number of ether oxygens (including phenoxy) is 1. The highest BCUT2D eigenvalue weighted by Gasteiger charge is 2.11. The summed E-state index contributed by atoms with van der Waals surface area (Å²) in [5.74, 6) is 0.964. The second-order valence-corrected chi connectivity index (χ2v) is 4.76. The van der Waals surface area contributed by atoms with E-state index in [-0.39, 0.29) is 12.5 Å². The van der Waals surface area contributed by atoms with Gasteiger partial charge in [0.1, 0.15) is 5.75 Å². The molecule has 23 heavy (non-hydrogen) atoms. The molecule has 1 amide bonds. The number of hydrogen-bond acceptors (Lipinski definition) is 5. The molecular formula is C16H15N5O2. The van der Waals surface area contributed by atoms with Crippen molar-refractivity contribution in [2.45, 2.75) is 6.54 Å². The van der Waals surface area contributed by atoms with Gasteiger partial charge < -0.3 is 10.1 Å². The summed E-state index contributed by atoms with van der Waals surface area (Å²) in [7, 11) is 1.56. The number of nitrogens with one attached hydrogen (secondary N) is 1. The zero-order valence-electron chi connectivity index (χ0n) is 12.5. The van der Waals surface area contributed by atoms with Crippen LogP contribution in [0.15, 0.2) is 54.6 Å². The molecule has 7 nitrogen and oxygen atoms in total. The van der Waals surface area contributed by atoms with Gasteiger partial charge in [0.25, 0.3) is 5.91 Å². The van der Waals surface area contributed by atoms with Crippen molar-refractivity contribution in [2.24, 2.45) is 0 Å². The van der Waals surface area contributed by atoms with E-state index in [4.69, 9.17) is 4.74 Å². The van der Waals surface area contributed by atoms with Crippen molar-refractivity contribution in [3.05, 3.63) is 66.0 Å². The topological polar surface area (TPSA) is 81.9 Å². The lowest BCUT2D eigenvalue weighted by atomic mass is 10.2. The molecule has 3 aromatic rings. The summed E-state index contributed by atoms with van der Waals surface area (Å²) in [6.07, 6.45) is 0. The van der Waals surface area contributed by atoms with Crippen molar-refractivity contribution >= 4 is 5.91 Å². The zero-order valence-corrected chi connectivity index (χ0v) is 12.5. The monoisotopic (exact) mass is 309 g/mol. The number of aromatic nitrogens is 4. The lowest BCUT2D eigenvalue weighted by Gasteiger charge is -2.07. The summed E-state index contributed by atoms with van der Waals surface area (Å²) in [5.41, 5.74) is 1.35. The van der Waals surface area contributed by atoms with E-state index in [0.717, 1.165) is 5.69 Å². The van der Waals surface area contributed by atoms with E-state index in [0.29, 0.717) is 17.1 Å². The van der Waals surface area contributed by atoms with Crippen LogP contribution in [0, 0.1) is 0 Å². The second-order valence-electron chi connectivity index (χ2n) is 4.76. The lowest BCUT2D eigenvalue weighted by Crippen LogP contribution is -2.24. The van der Waals surface area contributed by atoms with Crippen molar-refractivity contribution in [1.82, 2.24) is 25.5 Å². The molecule has 1 aromatic heterocycles. The molecule has 0 aliphatic rings. The van der Waals surface area contributed by atoms with Gasteiger partial charge in [-0.25, -0.2) is 0 Å². The van der Waals surface area contributed by atoms with Gasteiger partial charge in [-0.2, -0.15) is 4.68 Å². The molecule has 2 aromatic carbocycles. The number of carbonyl (C=O) groups is 1. The highest BCUT2D eigenvalue weighted by molar-refractivity contribution is 5.94. The number of tetrazole rings is 1. The fraction of sp³-hybridized carbons (Fsp3) is 0.125. The summed E-state index contributed by atoms with van der Waals surface area (Å²) in [4.78, 5) is 12.2. The molecule has 7 heteroatoms. The standard InChI is InChI=1S/C16H15N5O2/c1-23-14-9-5-6-12(10-14)16(22)17-11-15-18-19-20-21(15)13-7-3-2-4-8-13/h2-10H,11H2,1H3,(H,17,22). The highest BCUT2D eigenvalue weighted by Crippen LogP contribution is 2.12. The predicted molar refractivity (Wildman–Crippen MR) is 83.3 cm³/mol. The number of rotatable bonds is 5. The van der Waals surface area contributed by atoms with Crippen LogP contribution in [0.1, 0.15) is 16.2 Å². The molecule has 3 rings (SSSR count). The number of methoxy groups -OCH3 is 1. The minimum atomic E-state index is -0.216. The zero-order chi connectivity index (χ0) is 16.1. The van der Waals surface area contributed by atoms with Crippen LogP contribution in [-0.2, 0) is 6.54 Å². The summed E-state index contributed by atoms with van der Waals surface area (Å²) >= 11 is 0. The van der Waals surface area contributed by atoms with Crippen LogP contribution in [0.2, 0.25) is 0 Å². The molecule has 1 N–H and O–H groups in total. The second kappa shape index (κ2) is 6.69. The molecule has 0 saturated carbocycles. The molecule has 1 heterocycles. The van der Waals surface area contributed by atoms with Crippen LogP contribution in [0.4, 0.5) is 0 Å². The molecule has 0 saturated heterocycles. The molecule has 0 unspecified atom stereocenters. The van der Waals surface area contributed by atoms with Gasteiger partial charge in [-0.3, -0.25) is 4.79 Å². The first kappa shape index (κ1) is 14.7. The minimum Gasteiger partial charge on any atom is -0.497 e. The maximum atomic E-state index is 12.2. The van der Waals surface area contributed by atoms with Gasteiger partial charge in [-0.15, -0.1) is 5.10 Å². The van der Waals surface area contributed by atoms with E-state index in [1.54, 1.807) is 36.1 Å². The van der Waals surface area contributed by atoms with Crippen LogP contribution < -0.4 is 10.1 Å². The maximum Gasteiger partial charge on any atom is 0.251 e. The van der Waals surface area contributed by atoms with Gasteiger partial charge in [0, 0.05) is 5.56 Å². The molecule has 0 radical (unpaired) electrons. The van der Waals surface area contributed by atoms with Crippen molar-refractivity contribution < 1.29 is 9.53 Å². The molecule has 0 fully saturated rings. The molecule has 0 bridgehead atoms. The molecule has 116 valence electrons. The summed E-state index contributed by atoms with van der Waals surface area (Å²) in [5, 5.41) is 14.4. The van der Waals surface area contributed by atoms with E-state index < -0.39 is 0 Å². The van der Waals surface area contributed by atoms with Gasteiger partial charge >= 0.3 is 0 Å². The largest absolute Gasteiger partial charge is 0.497 e. The smallest absolute Gasteiger partial charge is 0.251 e. The predicted octanol–water partition coefficient (Wildman–Crippen LogP) is 1.60. The molecule has 0 atom stereocenters. The SMILES string of the molecule is COc1cccc(C(=O)NCc2nnnn2-c2ccccc2)c1. The number of carbonyl (C=O) groups excluding carboxylic acids is 1. The first-order valence-electron chi connectivity index (χ1n) is 7.03. The molecule has 0 aliphatic carbocycles. The van der Waals surface area contributed by atoms with Crippen LogP contribution in [-0.4, -0.2) is 33.2 Å². The Bertz CT molecular complexity index is 801. The van der Waals surface area contributed by atoms with E-state index in [1.165, 1.54) is 0 Å². The number of benzene rings is 2. The Kier molecular flexibility index (Phi) is 4.28. The Morgan fingerprint density at radius 2 is 2.00 bits per heavy atom. The quantitative estimate of drug-likeness (QED) is 0.774. The van der Waals surface area contributed by atoms with E-state index in [2.05, 4.69) is 20.8 Å². The third-order valence-electron chi connectivity index (χ3n) is 3.27. The molecule has 0 spiro atoms. The lowest BCUT2D eigenvalue weighted by molar-refractivity contribution is 0.0949. The van der Waals surface area contributed by atoms with Gasteiger partial charge in [0.15, 0.2) is 5.82 Å². The first-order chi connectivity index (χ1) is 11.3. The van der Waals surface area contributed by atoms with Crippen molar-refractivity contribution in [3.8, 4) is 11.4 Å². The first-order valence-corrected chi connectivity index (χ1v) is 7.03. The summed E-state index contributed by atoms with van der Waals surface area (Å²) in [6, 6.07) is 16.4. The minimum absolute atomic E-state index is 0.216. The van der Waals surface area contributed by atoms with Gasteiger partial charge in [-0.05, 0) is 40.8 Å². The highest BCUT2D eigenvalue weighted by atomic mass is 16.5. The Balaban J connectivity index is 1.72. The van der Waals surface area contributed by atoms with E-state index in [1.807, 2.05) is 30.3 Å². The van der Waals surface area contributed by atoms with Crippen molar-refractivity contribution in [2.75, 3.05) is 7.11 Å². The molecule has 0 aliphatic heterocycles. The Hall–Kier alpha value is -3.22. The third kappa shape index (κ3) is 3.34. The van der Waals surface area contributed by atoms with Crippen LogP contribution in [0.3, 0.4) is 0 Å². The number of hydrogen-bond donors (Lipinski definition) is 1. The van der Waals surface area contributed by atoms with Crippen molar-refractivity contribution in [1.29, 1.82) is 0 Å². The third-order valence-corrected chi connectivity index (χ3v) is 3.27. The average molecular weight is 309 g/mol. The Labute approximate surface area is 132 Å². The fourth-order valence-electron chi connectivity index (χ4n) is 2.11. The average Bonchev–Trinajstić information content (AvgIpc) is 3.09. The van der Waals surface area contributed by atoms with Crippen molar-refractivity contribution in [3.63, 3.8) is 0 Å². The number of amides is 1. The van der Waals surface area contributed by atoms with Crippen LogP contribution >= 0.6 is 0 Å². The number of nitrogens with zero attached hydrogens (tertiary/aromatic N) is 4. The van der Waals surface area contributed by atoms with Crippen LogP contribution in [0.25, 0.3) is 5.69 Å². The normalized spacial score (nSPS) is 10.3. The van der Waals surface area contributed by atoms with Gasteiger partial charge in [-0.1, -0.05) is 24.3 Å². The van der Waals surface area contributed by atoms with Gasteiger partial charge in [0.2, 0.25) is 0 Å². The fourth-order valence-corrected chi connectivity index (χ4v) is 2.11. The number of para-hydroxylation sites is 1. The van der Waals surface area contributed by atoms with E-state index in [9.17, 15) is 4.79 Å². The Morgan fingerprint density at radius 3 is 2.78 bits per heavy atom. The molecular weight excluding hydrogens is 294 g/mol. The van der Waals surface area contributed by atoms with E-state index >= 15 is 0 Å². The summed E-state index contributed by atoms with van der Waals surface area (Å²) in [6.45, 7) is 0.220.